The number of aliphatic hydroxyl groups is 1. The van der Waals surface area contributed by atoms with Crippen molar-refractivity contribution in [2.75, 3.05) is 0 Å². The molecule has 0 aromatic carbocycles. The molecule has 1 fully saturated rings. The molecular formula is C19H29NO. The maximum atomic E-state index is 11.6. The molecule has 1 aromatic rings. The van der Waals surface area contributed by atoms with Crippen molar-refractivity contribution in [2.24, 2.45) is 10.8 Å². The Morgan fingerprint density at radius 3 is 2.43 bits per heavy atom. The molecule has 0 saturated heterocycles. The summed E-state index contributed by atoms with van der Waals surface area (Å²) in [7, 11) is 0. The van der Waals surface area contributed by atoms with E-state index in [1.54, 1.807) is 0 Å². The summed E-state index contributed by atoms with van der Waals surface area (Å²) in [4.78, 5) is 4.66. The van der Waals surface area contributed by atoms with Gasteiger partial charge in [0.15, 0.2) is 0 Å². The highest BCUT2D eigenvalue weighted by atomic mass is 16.3. The normalized spacial score (nSPS) is 29.7. The van der Waals surface area contributed by atoms with Crippen molar-refractivity contribution in [2.45, 2.75) is 77.7 Å². The molecule has 1 heterocycles. The van der Waals surface area contributed by atoms with Gasteiger partial charge in [-0.15, -0.1) is 0 Å². The van der Waals surface area contributed by atoms with Crippen LogP contribution in [-0.4, -0.2) is 15.7 Å². The fourth-order valence-corrected chi connectivity index (χ4v) is 5.52. The van der Waals surface area contributed by atoms with Crippen LogP contribution in [0.4, 0.5) is 0 Å². The SMILES string of the molecule is CC1(C)CC(C)(C)CC(O)(C2CCCc3cccnc32)C1. The summed E-state index contributed by atoms with van der Waals surface area (Å²) in [6.07, 6.45) is 8.22. The number of rotatable bonds is 1. The fourth-order valence-electron chi connectivity index (χ4n) is 5.52. The number of fused-ring (bicyclic) bond motifs is 1. The molecule has 2 aliphatic rings. The number of aromatic nitrogens is 1. The number of aryl methyl sites for hydroxylation is 1. The van der Waals surface area contributed by atoms with E-state index >= 15 is 0 Å². The molecule has 0 radical (unpaired) electrons. The molecule has 0 bridgehead atoms. The zero-order valence-corrected chi connectivity index (χ0v) is 13.9. The predicted molar refractivity (Wildman–Crippen MR) is 86.3 cm³/mol. The topological polar surface area (TPSA) is 33.1 Å². The highest BCUT2D eigenvalue weighted by Crippen LogP contribution is 2.55. The van der Waals surface area contributed by atoms with Gasteiger partial charge in [-0.25, -0.2) is 0 Å². The van der Waals surface area contributed by atoms with Crippen LogP contribution in [0.2, 0.25) is 0 Å². The lowest BCUT2D eigenvalue weighted by atomic mass is 9.55. The van der Waals surface area contributed by atoms with Crippen molar-refractivity contribution in [3.63, 3.8) is 0 Å². The molecule has 3 rings (SSSR count). The summed E-state index contributed by atoms with van der Waals surface area (Å²) in [5.74, 6) is 0.210. The number of nitrogens with zero attached hydrogens (tertiary/aromatic N) is 1. The first kappa shape index (κ1) is 15.0. The minimum Gasteiger partial charge on any atom is -0.389 e. The van der Waals surface area contributed by atoms with Crippen LogP contribution >= 0.6 is 0 Å². The molecule has 2 nitrogen and oxygen atoms in total. The maximum absolute atomic E-state index is 11.6. The zero-order valence-electron chi connectivity index (χ0n) is 13.9. The van der Waals surface area contributed by atoms with Crippen molar-refractivity contribution in [3.8, 4) is 0 Å². The second kappa shape index (κ2) is 4.81. The van der Waals surface area contributed by atoms with E-state index in [0.717, 1.165) is 25.7 Å². The quantitative estimate of drug-likeness (QED) is 0.826. The highest BCUT2D eigenvalue weighted by molar-refractivity contribution is 5.29. The average Bonchev–Trinajstić information content (AvgIpc) is 2.33. The van der Waals surface area contributed by atoms with Gasteiger partial charge in [0.2, 0.25) is 0 Å². The second-order valence-corrected chi connectivity index (χ2v) is 8.95. The van der Waals surface area contributed by atoms with E-state index in [1.165, 1.54) is 24.1 Å². The monoisotopic (exact) mass is 287 g/mol. The molecule has 0 spiro atoms. The van der Waals surface area contributed by atoms with E-state index in [2.05, 4.69) is 38.7 Å². The van der Waals surface area contributed by atoms with Crippen molar-refractivity contribution < 1.29 is 5.11 Å². The number of hydrogen-bond acceptors (Lipinski definition) is 2. The van der Waals surface area contributed by atoms with E-state index in [-0.39, 0.29) is 16.7 Å². The molecular weight excluding hydrogens is 258 g/mol. The van der Waals surface area contributed by atoms with Gasteiger partial charge in [0.05, 0.1) is 5.60 Å². The van der Waals surface area contributed by atoms with Gasteiger partial charge in [-0.3, -0.25) is 4.98 Å². The predicted octanol–water partition coefficient (Wildman–Crippen LogP) is 4.47. The first-order valence-corrected chi connectivity index (χ1v) is 8.37. The maximum Gasteiger partial charge on any atom is 0.0741 e. The number of pyridine rings is 1. The smallest absolute Gasteiger partial charge is 0.0741 e. The highest BCUT2D eigenvalue weighted by Gasteiger charge is 2.51. The van der Waals surface area contributed by atoms with Gasteiger partial charge in [-0.05, 0) is 61.0 Å². The van der Waals surface area contributed by atoms with Crippen LogP contribution in [0.15, 0.2) is 18.3 Å². The fraction of sp³-hybridized carbons (Fsp3) is 0.737. The Labute approximate surface area is 129 Å². The van der Waals surface area contributed by atoms with Crippen LogP contribution in [0, 0.1) is 10.8 Å². The average molecular weight is 287 g/mol. The third-order valence-electron chi connectivity index (χ3n) is 5.37. The largest absolute Gasteiger partial charge is 0.389 e. The van der Waals surface area contributed by atoms with Crippen molar-refractivity contribution in [1.29, 1.82) is 0 Å². The molecule has 2 aliphatic carbocycles. The van der Waals surface area contributed by atoms with Crippen molar-refractivity contribution in [3.05, 3.63) is 29.6 Å². The van der Waals surface area contributed by atoms with Crippen LogP contribution in [0.25, 0.3) is 0 Å². The van der Waals surface area contributed by atoms with E-state index in [0.29, 0.717) is 0 Å². The summed E-state index contributed by atoms with van der Waals surface area (Å²) < 4.78 is 0. The Bertz CT molecular complexity index is 516. The van der Waals surface area contributed by atoms with Gasteiger partial charge in [0, 0.05) is 17.8 Å². The third-order valence-corrected chi connectivity index (χ3v) is 5.37. The Balaban J connectivity index is 1.99. The van der Waals surface area contributed by atoms with Crippen LogP contribution in [0.3, 0.4) is 0 Å². The molecule has 0 amide bonds. The Morgan fingerprint density at radius 1 is 1.10 bits per heavy atom. The van der Waals surface area contributed by atoms with Gasteiger partial charge in [-0.1, -0.05) is 33.8 Å². The van der Waals surface area contributed by atoms with Gasteiger partial charge >= 0.3 is 0 Å². The lowest BCUT2D eigenvalue weighted by molar-refractivity contribution is -0.106. The molecule has 21 heavy (non-hydrogen) atoms. The molecule has 0 aliphatic heterocycles. The summed E-state index contributed by atoms with van der Waals surface area (Å²) in [5.41, 5.74) is 2.31. The van der Waals surface area contributed by atoms with E-state index in [1.807, 2.05) is 12.3 Å². The van der Waals surface area contributed by atoms with Crippen LogP contribution in [0.5, 0.6) is 0 Å². The molecule has 1 atom stereocenters. The molecule has 116 valence electrons. The van der Waals surface area contributed by atoms with E-state index in [9.17, 15) is 5.11 Å². The lowest BCUT2D eigenvalue weighted by Gasteiger charge is -2.53. The standard InChI is InChI=1S/C19H29NO/c1-17(2)11-18(3,4)13-19(21,12-17)15-9-5-7-14-8-6-10-20-16(14)15/h6,8,10,15,21H,5,7,9,11-13H2,1-4H3. The molecule has 1 aromatic heterocycles. The molecule has 1 N–H and O–H groups in total. The summed E-state index contributed by atoms with van der Waals surface area (Å²) in [6, 6.07) is 4.22. The zero-order chi connectivity index (χ0) is 15.3. The van der Waals surface area contributed by atoms with Crippen molar-refractivity contribution >= 4 is 0 Å². The molecule has 1 saturated carbocycles. The van der Waals surface area contributed by atoms with Crippen LogP contribution in [-0.2, 0) is 6.42 Å². The van der Waals surface area contributed by atoms with Gasteiger partial charge in [0.25, 0.3) is 0 Å². The van der Waals surface area contributed by atoms with E-state index < -0.39 is 5.60 Å². The second-order valence-electron chi connectivity index (χ2n) is 8.95. The summed E-state index contributed by atoms with van der Waals surface area (Å²) in [6.45, 7) is 9.23. The van der Waals surface area contributed by atoms with Gasteiger partial charge < -0.3 is 5.11 Å². The Kier molecular flexibility index (Phi) is 3.44. The third kappa shape index (κ3) is 2.88. The van der Waals surface area contributed by atoms with Gasteiger partial charge in [0.1, 0.15) is 0 Å². The van der Waals surface area contributed by atoms with Crippen LogP contribution < -0.4 is 0 Å². The summed E-state index contributed by atoms with van der Waals surface area (Å²) in [5, 5.41) is 11.6. The minimum absolute atomic E-state index is 0.197. The Morgan fingerprint density at radius 2 is 1.76 bits per heavy atom. The summed E-state index contributed by atoms with van der Waals surface area (Å²) >= 11 is 0. The molecule has 1 unspecified atom stereocenters. The Hall–Kier alpha value is -0.890. The lowest BCUT2D eigenvalue weighted by Crippen LogP contribution is -2.50. The first-order valence-electron chi connectivity index (χ1n) is 8.37. The minimum atomic E-state index is -0.602. The van der Waals surface area contributed by atoms with Gasteiger partial charge in [-0.2, -0.15) is 0 Å². The number of hydrogen-bond donors (Lipinski definition) is 1. The van der Waals surface area contributed by atoms with E-state index in [4.69, 9.17) is 0 Å². The first-order chi connectivity index (χ1) is 9.71. The molecule has 2 heteroatoms. The van der Waals surface area contributed by atoms with Crippen LogP contribution in [0.1, 0.15) is 77.0 Å². The van der Waals surface area contributed by atoms with Crippen molar-refractivity contribution in [1.82, 2.24) is 4.98 Å².